The predicted molar refractivity (Wildman–Crippen MR) is 98.7 cm³/mol. The van der Waals surface area contributed by atoms with Crippen molar-refractivity contribution < 1.29 is 14.0 Å². The molecule has 0 spiro atoms. The van der Waals surface area contributed by atoms with Crippen LogP contribution in [0.5, 0.6) is 5.75 Å². The van der Waals surface area contributed by atoms with Crippen LogP contribution in [0.4, 0.5) is 4.39 Å². The van der Waals surface area contributed by atoms with Gasteiger partial charge in [-0.3, -0.25) is 0 Å². The number of halogens is 1. The van der Waals surface area contributed by atoms with Crippen molar-refractivity contribution in [2.75, 3.05) is 13.7 Å². The number of likely N-dealkylation sites (tertiary alicyclic amines) is 1. The molecule has 0 amide bonds. The molecule has 2 aromatic carbocycles. The molecule has 5 heteroatoms. The molecule has 1 aromatic heterocycles. The van der Waals surface area contributed by atoms with Crippen LogP contribution >= 0.6 is 11.3 Å². The van der Waals surface area contributed by atoms with Gasteiger partial charge in [0, 0.05) is 12.0 Å². The summed E-state index contributed by atoms with van der Waals surface area (Å²) in [7, 11) is 1.50. The van der Waals surface area contributed by atoms with E-state index in [1.807, 2.05) is 12.1 Å². The smallest absolute Gasteiger partial charge is 0.165 e. The summed E-state index contributed by atoms with van der Waals surface area (Å²) in [5, 5.41) is 1.21. The van der Waals surface area contributed by atoms with Crippen LogP contribution in [0.25, 0.3) is 10.2 Å². The minimum absolute atomic E-state index is 0.284. The van der Waals surface area contributed by atoms with Gasteiger partial charge in [0.1, 0.15) is 12.6 Å². The van der Waals surface area contributed by atoms with E-state index in [9.17, 15) is 4.39 Å². The summed E-state index contributed by atoms with van der Waals surface area (Å²) >= 11 is 1.80. The molecule has 0 saturated carbocycles. The normalized spacial score (nSPS) is 20.7. The summed E-state index contributed by atoms with van der Waals surface area (Å²) < 4.78 is 20.3. The van der Waals surface area contributed by atoms with Crippen molar-refractivity contribution in [2.24, 2.45) is 0 Å². The Hall–Kier alpha value is -1.98. The fraction of sp³-hybridized carbons (Fsp3) is 0.350. The minimum Gasteiger partial charge on any atom is -0.494 e. The number of para-hydroxylation sites is 1. The molecule has 1 N–H and O–H groups in total. The van der Waals surface area contributed by atoms with E-state index in [1.54, 1.807) is 23.5 Å². The molecule has 1 aliphatic rings. The summed E-state index contributed by atoms with van der Waals surface area (Å²) in [4.78, 5) is 6.36. The molecular formula is C20H22FN2OS+. The summed E-state index contributed by atoms with van der Waals surface area (Å²) in [5.74, 6) is 0.0214. The number of hydrogen-bond donors (Lipinski definition) is 1. The SMILES string of the molecule is COc1ccc(C[NH+]2CCCC[C@H]2c2nc3ccccc3s2)cc1F. The third-order valence-corrected chi connectivity index (χ3v) is 6.14. The number of fused-ring (bicyclic) bond motifs is 1. The van der Waals surface area contributed by atoms with Gasteiger partial charge in [0.05, 0.1) is 23.9 Å². The standard InChI is InChI=1S/C20H21FN2OS/c1-24-18-10-9-14(12-15(18)21)13-23-11-5-4-7-17(23)20-22-16-6-2-3-8-19(16)25-20/h2-3,6,8-10,12,17H,4-5,7,11,13H2,1H3/p+1/t17-/m0/s1. The molecule has 1 saturated heterocycles. The van der Waals surface area contributed by atoms with E-state index >= 15 is 0 Å². The van der Waals surface area contributed by atoms with Crippen LogP contribution < -0.4 is 9.64 Å². The number of ether oxygens (including phenoxy) is 1. The van der Waals surface area contributed by atoms with Crippen molar-refractivity contribution in [3.8, 4) is 5.75 Å². The monoisotopic (exact) mass is 357 g/mol. The Morgan fingerprint density at radius 1 is 1.24 bits per heavy atom. The second kappa shape index (κ2) is 7.10. The van der Waals surface area contributed by atoms with Crippen molar-refractivity contribution in [3.05, 3.63) is 58.9 Å². The molecule has 3 nitrogen and oxygen atoms in total. The van der Waals surface area contributed by atoms with Gasteiger partial charge >= 0.3 is 0 Å². The van der Waals surface area contributed by atoms with Crippen LogP contribution in [0.3, 0.4) is 0 Å². The zero-order chi connectivity index (χ0) is 17.2. The number of piperidine rings is 1. The van der Waals surface area contributed by atoms with Gasteiger partial charge in [0.15, 0.2) is 16.6 Å². The second-order valence-corrected chi connectivity index (χ2v) is 7.68. The number of nitrogens with zero attached hydrogens (tertiary/aromatic N) is 1. The number of methoxy groups -OCH3 is 1. The van der Waals surface area contributed by atoms with Gasteiger partial charge < -0.3 is 9.64 Å². The van der Waals surface area contributed by atoms with Gasteiger partial charge in [0.25, 0.3) is 0 Å². The molecule has 1 aliphatic heterocycles. The third-order valence-electron chi connectivity index (χ3n) is 4.99. The van der Waals surface area contributed by atoms with Gasteiger partial charge in [-0.1, -0.05) is 12.1 Å². The molecular weight excluding hydrogens is 335 g/mol. The maximum atomic E-state index is 14.0. The highest BCUT2D eigenvalue weighted by atomic mass is 32.1. The summed E-state index contributed by atoms with van der Waals surface area (Å²) in [6.45, 7) is 1.93. The first-order valence-corrected chi connectivity index (χ1v) is 9.58. The van der Waals surface area contributed by atoms with Crippen LogP contribution in [0, 0.1) is 5.82 Å². The average molecular weight is 357 g/mol. The number of benzene rings is 2. The first-order chi connectivity index (χ1) is 12.2. The van der Waals surface area contributed by atoms with E-state index in [2.05, 4.69) is 18.2 Å². The summed E-state index contributed by atoms with van der Waals surface area (Å²) in [6, 6.07) is 14.0. The van der Waals surface area contributed by atoms with Crippen molar-refractivity contribution in [3.63, 3.8) is 0 Å². The van der Waals surface area contributed by atoms with E-state index in [1.165, 1.54) is 34.6 Å². The Labute approximate surface area is 151 Å². The Kier molecular flexibility index (Phi) is 4.68. The molecule has 25 heavy (non-hydrogen) atoms. The molecule has 4 rings (SSSR count). The minimum atomic E-state index is -0.284. The third kappa shape index (κ3) is 3.39. The van der Waals surface area contributed by atoms with Crippen molar-refractivity contribution >= 4 is 21.6 Å². The van der Waals surface area contributed by atoms with Gasteiger partial charge in [-0.2, -0.15) is 0 Å². The zero-order valence-corrected chi connectivity index (χ0v) is 15.1. The second-order valence-electron chi connectivity index (χ2n) is 6.62. The lowest BCUT2D eigenvalue weighted by atomic mass is 10.0. The van der Waals surface area contributed by atoms with E-state index in [-0.39, 0.29) is 5.82 Å². The largest absolute Gasteiger partial charge is 0.494 e. The predicted octanol–water partition coefficient (Wildman–Crippen LogP) is 3.75. The Balaban J connectivity index is 1.59. The molecule has 1 unspecified atom stereocenters. The molecule has 1 fully saturated rings. The highest BCUT2D eigenvalue weighted by Gasteiger charge is 2.30. The fourth-order valence-corrected chi connectivity index (χ4v) is 4.87. The zero-order valence-electron chi connectivity index (χ0n) is 14.3. The van der Waals surface area contributed by atoms with Crippen molar-refractivity contribution in [1.29, 1.82) is 0 Å². The number of thiazole rings is 1. The molecule has 130 valence electrons. The highest BCUT2D eigenvalue weighted by Crippen LogP contribution is 2.29. The van der Waals surface area contributed by atoms with E-state index in [0.717, 1.165) is 30.6 Å². The number of aromatic nitrogens is 1. The molecule has 2 heterocycles. The Morgan fingerprint density at radius 3 is 2.92 bits per heavy atom. The fourth-order valence-electron chi connectivity index (χ4n) is 3.71. The molecule has 0 radical (unpaired) electrons. The van der Waals surface area contributed by atoms with Gasteiger partial charge in [-0.05, 0) is 43.2 Å². The number of hydrogen-bond acceptors (Lipinski definition) is 3. The molecule has 0 aliphatic carbocycles. The Bertz CT molecular complexity index is 846. The van der Waals surface area contributed by atoms with Crippen LogP contribution in [0.1, 0.15) is 35.9 Å². The first-order valence-electron chi connectivity index (χ1n) is 8.77. The highest BCUT2D eigenvalue weighted by molar-refractivity contribution is 7.18. The van der Waals surface area contributed by atoms with E-state index in [4.69, 9.17) is 9.72 Å². The lowest BCUT2D eigenvalue weighted by Gasteiger charge is -2.31. The van der Waals surface area contributed by atoms with E-state index < -0.39 is 0 Å². The number of nitrogens with one attached hydrogen (secondary N) is 1. The van der Waals surface area contributed by atoms with Crippen LogP contribution in [-0.4, -0.2) is 18.6 Å². The molecule has 3 aromatic rings. The van der Waals surface area contributed by atoms with Crippen LogP contribution in [-0.2, 0) is 6.54 Å². The average Bonchev–Trinajstić information content (AvgIpc) is 3.06. The maximum Gasteiger partial charge on any atom is 0.165 e. The van der Waals surface area contributed by atoms with Crippen LogP contribution in [0.15, 0.2) is 42.5 Å². The van der Waals surface area contributed by atoms with Gasteiger partial charge in [0.2, 0.25) is 0 Å². The quantitative estimate of drug-likeness (QED) is 0.770. The Morgan fingerprint density at radius 2 is 2.12 bits per heavy atom. The number of rotatable bonds is 4. The summed E-state index contributed by atoms with van der Waals surface area (Å²) in [5.41, 5.74) is 2.10. The lowest BCUT2D eigenvalue weighted by molar-refractivity contribution is -0.950. The van der Waals surface area contributed by atoms with E-state index in [0.29, 0.717) is 11.8 Å². The first kappa shape index (κ1) is 16.5. The molecule has 2 atom stereocenters. The van der Waals surface area contributed by atoms with Gasteiger partial charge in [-0.25, -0.2) is 9.37 Å². The maximum absolute atomic E-state index is 14.0. The van der Waals surface area contributed by atoms with Crippen molar-refractivity contribution in [1.82, 2.24) is 4.98 Å². The van der Waals surface area contributed by atoms with Gasteiger partial charge in [-0.15, -0.1) is 11.3 Å². The topological polar surface area (TPSA) is 26.6 Å². The lowest BCUT2D eigenvalue weighted by Crippen LogP contribution is -3.11. The van der Waals surface area contributed by atoms with Crippen molar-refractivity contribution in [2.45, 2.75) is 31.8 Å². The van der Waals surface area contributed by atoms with Crippen LogP contribution in [0.2, 0.25) is 0 Å². The summed E-state index contributed by atoms with van der Waals surface area (Å²) in [6.07, 6.45) is 3.60. The number of quaternary nitrogens is 1. The molecule has 0 bridgehead atoms.